The second kappa shape index (κ2) is 7.81. The van der Waals surface area contributed by atoms with E-state index in [2.05, 4.69) is 6.92 Å². The summed E-state index contributed by atoms with van der Waals surface area (Å²) in [7, 11) is 4.51. The molecule has 1 aromatic heterocycles. The van der Waals surface area contributed by atoms with Crippen LogP contribution in [0.5, 0.6) is 0 Å². The molecule has 0 N–H and O–H groups in total. The summed E-state index contributed by atoms with van der Waals surface area (Å²) in [5.41, 5.74) is 2.90. The molecule has 0 unspecified atom stereocenters. The van der Waals surface area contributed by atoms with Crippen LogP contribution in [0.1, 0.15) is 46.2 Å². The van der Waals surface area contributed by atoms with Gasteiger partial charge in [0.2, 0.25) is 0 Å². The first-order valence-corrected chi connectivity index (χ1v) is 8.00. The Morgan fingerprint density at radius 2 is 1.58 bits per heavy atom. The summed E-state index contributed by atoms with van der Waals surface area (Å²) in [5.74, 6) is -1.05. The molecule has 5 nitrogen and oxygen atoms in total. The Morgan fingerprint density at radius 1 is 1.00 bits per heavy atom. The van der Waals surface area contributed by atoms with Gasteiger partial charge in [0.1, 0.15) is 5.56 Å². The van der Waals surface area contributed by atoms with Crippen LogP contribution in [0.2, 0.25) is 0 Å². The first kappa shape index (κ1) is 17.8. The van der Waals surface area contributed by atoms with E-state index < -0.39 is 11.9 Å². The van der Waals surface area contributed by atoms with Crippen molar-refractivity contribution in [2.24, 2.45) is 7.05 Å². The second-order valence-corrected chi connectivity index (χ2v) is 5.56. The molecule has 128 valence electrons. The fourth-order valence-electron chi connectivity index (χ4n) is 2.93. The third-order valence-electron chi connectivity index (χ3n) is 4.11. The quantitative estimate of drug-likeness (QED) is 0.760. The molecule has 0 atom stereocenters. The Balaban J connectivity index is 2.80. The monoisotopic (exact) mass is 329 g/mol. The molecule has 0 amide bonds. The molecule has 0 radical (unpaired) electrons. The topological polar surface area (TPSA) is 57.5 Å². The molecule has 0 spiro atoms. The van der Waals surface area contributed by atoms with Gasteiger partial charge < -0.3 is 14.0 Å². The highest BCUT2D eigenvalue weighted by molar-refractivity contribution is 6.08. The summed E-state index contributed by atoms with van der Waals surface area (Å²) >= 11 is 0. The molecule has 24 heavy (non-hydrogen) atoms. The Morgan fingerprint density at radius 3 is 2.12 bits per heavy atom. The van der Waals surface area contributed by atoms with E-state index in [0.29, 0.717) is 17.7 Å². The fourth-order valence-corrected chi connectivity index (χ4v) is 2.93. The van der Waals surface area contributed by atoms with E-state index in [9.17, 15) is 9.59 Å². The summed E-state index contributed by atoms with van der Waals surface area (Å²) < 4.78 is 11.8. The zero-order valence-corrected chi connectivity index (χ0v) is 14.6. The number of hydrogen-bond acceptors (Lipinski definition) is 4. The van der Waals surface area contributed by atoms with Gasteiger partial charge in [-0.15, -0.1) is 0 Å². The molecule has 1 aromatic carbocycles. The number of hydrogen-bond donors (Lipinski definition) is 0. The molecule has 1 heterocycles. The highest BCUT2D eigenvalue weighted by Gasteiger charge is 2.31. The van der Waals surface area contributed by atoms with Crippen LogP contribution < -0.4 is 0 Å². The van der Waals surface area contributed by atoms with Crippen molar-refractivity contribution in [1.29, 1.82) is 0 Å². The normalized spacial score (nSPS) is 10.5. The van der Waals surface area contributed by atoms with Gasteiger partial charge in [-0.2, -0.15) is 0 Å². The maximum Gasteiger partial charge on any atom is 0.340 e. The lowest BCUT2D eigenvalue weighted by molar-refractivity contribution is 0.0556. The lowest BCUT2D eigenvalue weighted by atomic mass is 10.0. The average Bonchev–Trinajstić information content (AvgIpc) is 2.91. The largest absolute Gasteiger partial charge is 0.465 e. The van der Waals surface area contributed by atoms with E-state index in [1.165, 1.54) is 14.2 Å². The number of methoxy groups -OCH3 is 2. The lowest BCUT2D eigenvalue weighted by Crippen LogP contribution is -2.12. The van der Waals surface area contributed by atoms with E-state index in [1.54, 1.807) is 0 Å². The number of carbonyl (C=O) groups is 2. The van der Waals surface area contributed by atoms with E-state index in [1.807, 2.05) is 41.9 Å². The zero-order chi connectivity index (χ0) is 17.7. The first-order valence-electron chi connectivity index (χ1n) is 8.00. The lowest BCUT2D eigenvalue weighted by Gasteiger charge is -2.09. The van der Waals surface area contributed by atoms with Crippen molar-refractivity contribution in [3.8, 4) is 11.3 Å². The number of aromatic nitrogens is 1. The van der Waals surface area contributed by atoms with Gasteiger partial charge in [-0.05, 0) is 18.4 Å². The second-order valence-electron chi connectivity index (χ2n) is 5.56. The maximum absolute atomic E-state index is 12.4. The molecule has 0 fully saturated rings. The molecule has 5 heteroatoms. The minimum atomic E-state index is -0.535. The van der Waals surface area contributed by atoms with Gasteiger partial charge in [-0.25, -0.2) is 9.59 Å². The molecule has 0 aliphatic carbocycles. The fraction of sp³-hybridized carbons (Fsp3) is 0.368. The van der Waals surface area contributed by atoms with Gasteiger partial charge in [0.15, 0.2) is 0 Å². The van der Waals surface area contributed by atoms with Crippen LogP contribution in [-0.2, 0) is 22.9 Å². The predicted octanol–water partition coefficient (Wildman–Crippen LogP) is 3.61. The maximum atomic E-state index is 12.4. The predicted molar refractivity (Wildman–Crippen MR) is 92.1 cm³/mol. The van der Waals surface area contributed by atoms with Gasteiger partial charge in [0, 0.05) is 12.7 Å². The van der Waals surface area contributed by atoms with Crippen molar-refractivity contribution in [2.45, 2.75) is 26.2 Å². The Bertz CT molecular complexity index is 732. The van der Waals surface area contributed by atoms with Crippen LogP contribution in [0, 0.1) is 0 Å². The number of esters is 2. The van der Waals surface area contributed by atoms with Crippen LogP contribution in [0.25, 0.3) is 11.3 Å². The van der Waals surface area contributed by atoms with Gasteiger partial charge >= 0.3 is 11.9 Å². The van der Waals surface area contributed by atoms with E-state index in [-0.39, 0.29) is 5.56 Å². The van der Waals surface area contributed by atoms with Crippen molar-refractivity contribution < 1.29 is 19.1 Å². The third kappa shape index (κ3) is 3.20. The Hall–Kier alpha value is -2.56. The van der Waals surface area contributed by atoms with Crippen LogP contribution in [-0.4, -0.2) is 30.7 Å². The molecule has 2 rings (SSSR count). The first-order chi connectivity index (χ1) is 11.6. The van der Waals surface area contributed by atoms with Gasteiger partial charge in [0.25, 0.3) is 0 Å². The zero-order valence-electron chi connectivity index (χ0n) is 14.6. The van der Waals surface area contributed by atoms with E-state index >= 15 is 0 Å². The minimum Gasteiger partial charge on any atom is -0.465 e. The van der Waals surface area contributed by atoms with Gasteiger partial charge in [0.05, 0.1) is 25.5 Å². The molecule has 0 bridgehead atoms. The summed E-state index contributed by atoms with van der Waals surface area (Å²) in [5, 5.41) is 0. The Labute approximate surface area is 142 Å². The number of carbonyl (C=O) groups excluding carboxylic acids is 2. The molecule has 0 saturated carbocycles. The highest BCUT2D eigenvalue weighted by atomic mass is 16.5. The van der Waals surface area contributed by atoms with Crippen molar-refractivity contribution in [1.82, 2.24) is 4.57 Å². The van der Waals surface area contributed by atoms with Crippen LogP contribution in [0.3, 0.4) is 0 Å². The molecule has 0 aliphatic heterocycles. The number of unbranched alkanes of at least 4 members (excludes halogenated alkanes) is 1. The van der Waals surface area contributed by atoms with Crippen LogP contribution >= 0.6 is 0 Å². The molecular weight excluding hydrogens is 306 g/mol. The van der Waals surface area contributed by atoms with Crippen LogP contribution in [0.4, 0.5) is 0 Å². The molecule has 0 saturated heterocycles. The highest BCUT2D eigenvalue weighted by Crippen LogP contribution is 2.33. The summed E-state index contributed by atoms with van der Waals surface area (Å²) in [6.07, 6.45) is 2.59. The number of ether oxygens (including phenoxy) is 2. The smallest absolute Gasteiger partial charge is 0.340 e. The number of benzene rings is 1. The number of nitrogens with zero attached hydrogens (tertiary/aromatic N) is 1. The third-order valence-corrected chi connectivity index (χ3v) is 4.11. The van der Waals surface area contributed by atoms with Crippen molar-refractivity contribution in [3.63, 3.8) is 0 Å². The summed E-state index contributed by atoms with van der Waals surface area (Å²) in [6, 6.07) is 9.52. The summed E-state index contributed by atoms with van der Waals surface area (Å²) in [6.45, 7) is 2.08. The average molecular weight is 329 g/mol. The van der Waals surface area contributed by atoms with Crippen molar-refractivity contribution >= 4 is 11.9 Å². The number of rotatable bonds is 6. The van der Waals surface area contributed by atoms with E-state index in [0.717, 1.165) is 24.1 Å². The van der Waals surface area contributed by atoms with Gasteiger partial charge in [-0.1, -0.05) is 43.7 Å². The summed E-state index contributed by atoms with van der Waals surface area (Å²) in [4.78, 5) is 24.8. The Kier molecular flexibility index (Phi) is 5.79. The van der Waals surface area contributed by atoms with E-state index in [4.69, 9.17) is 9.47 Å². The molecule has 0 aliphatic rings. The molecule has 2 aromatic rings. The van der Waals surface area contributed by atoms with Crippen LogP contribution in [0.15, 0.2) is 30.3 Å². The minimum absolute atomic E-state index is 0.268. The van der Waals surface area contributed by atoms with Crippen molar-refractivity contribution in [2.75, 3.05) is 14.2 Å². The standard InChI is InChI=1S/C19H23NO4/c1-5-6-12-14-15(18(21)23-3)16(19(22)24-4)17(20(14)2)13-10-8-7-9-11-13/h7-11H,5-6,12H2,1-4H3. The molecular formula is C19H23NO4. The van der Waals surface area contributed by atoms with Gasteiger partial charge in [-0.3, -0.25) is 0 Å². The van der Waals surface area contributed by atoms with Crippen molar-refractivity contribution in [3.05, 3.63) is 47.2 Å². The SMILES string of the molecule is CCCCc1c(C(=O)OC)c(C(=O)OC)c(-c2ccccc2)n1C.